The van der Waals surface area contributed by atoms with Crippen molar-refractivity contribution in [1.29, 1.82) is 0 Å². The van der Waals surface area contributed by atoms with E-state index in [4.69, 9.17) is 4.74 Å². The molecule has 0 amide bonds. The van der Waals surface area contributed by atoms with Gasteiger partial charge in [-0.1, -0.05) is 19.3 Å². The van der Waals surface area contributed by atoms with Crippen LogP contribution in [0.5, 0.6) is 0 Å². The van der Waals surface area contributed by atoms with E-state index in [1.807, 2.05) is 6.92 Å². The zero-order valence-electron chi connectivity index (χ0n) is 12.3. The van der Waals surface area contributed by atoms with Gasteiger partial charge in [0.1, 0.15) is 0 Å². The highest BCUT2D eigenvalue weighted by Crippen LogP contribution is 2.29. The van der Waals surface area contributed by atoms with E-state index in [2.05, 4.69) is 28.0 Å². The zero-order chi connectivity index (χ0) is 13.5. The average Bonchev–Trinajstić information content (AvgIpc) is 2.69. The summed E-state index contributed by atoms with van der Waals surface area (Å²) in [5, 5.41) is 3.49. The predicted octanol–water partition coefficient (Wildman–Crippen LogP) is 3.22. The molecule has 0 unspecified atom stereocenters. The van der Waals surface area contributed by atoms with Gasteiger partial charge in [0.2, 0.25) is 5.95 Å². The molecule has 1 aliphatic rings. The first-order chi connectivity index (χ1) is 9.29. The Morgan fingerprint density at radius 3 is 3.00 bits per heavy atom. The second-order valence-corrected chi connectivity index (χ2v) is 5.46. The smallest absolute Gasteiger partial charge is 0.203 e. The van der Waals surface area contributed by atoms with E-state index in [1.54, 1.807) is 0 Å². The molecule has 108 valence electrons. The van der Waals surface area contributed by atoms with Gasteiger partial charge in [0.25, 0.3) is 0 Å². The summed E-state index contributed by atoms with van der Waals surface area (Å²) in [6, 6.07) is 0. The molecule has 1 aliphatic carbocycles. The van der Waals surface area contributed by atoms with E-state index in [9.17, 15) is 0 Å². The van der Waals surface area contributed by atoms with Crippen LogP contribution in [0.1, 0.15) is 44.7 Å². The van der Waals surface area contributed by atoms with Crippen LogP contribution >= 0.6 is 0 Å². The van der Waals surface area contributed by atoms with Crippen LogP contribution in [0.15, 0.2) is 6.20 Å². The van der Waals surface area contributed by atoms with Crippen molar-refractivity contribution in [3.05, 3.63) is 11.9 Å². The van der Waals surface area contributed by atoms with Crippen LogP contribution in [0.4, 0.5) is 5.95 Å². The maximum absolute atomic E-state index is 5.38. The van der Waals surface area contributed by atoms with E-state index >= 15 is 0 Å². The minimum Gasteiger partial charge on any atom is -0.382 e. The molecule has 0 radical (unpaired) electrons. The van der Waals surface area contributed by atoms with Gasteiger partial charge in [0.15, 0.2) is 0 Å². The molecule has 0 atom stereocenters. The van der Waals surface area contributed by atoms with E-state index in [-0.39, 0.29) is 0 Å². The quantitative estimate of drug-likeness (QED) is 0.697. The highest BCUT2D eigenvalue weighted by molar-refractivity contribution is 5.28. The lowest BCUT2D eigenvalue weighted by molar-refractivity contribution is 0.142. The molecule has 1 N–H and O–H groups in total. The third kappa shape index (κ3) is 4.53. The third-order valence-electron chi connectivity index (χ3n) is 3.85. The monoisotopic (exact) mass is 265 g/mol. The molecule has 19 heavy (non-hydrogen) atoms. The Morgan fingerprint density at radius 2 is 2.32 bits per heavy atom. The lowest BCUT2D eigenvalue weighted by Gasteiger charge is -2.25. The molecule has 2 rings (SSSR count). The van der Waals surface area contributed by atoms with E-state index < -0.39 is 0 Å². The lowest BCUT2D eigenvalue weighted by Crippen LogP contribution is -2.17. The first-order valence-corrected chi connectivity index (χ1v) is 7.65. The standard InChI is InChI=1S/C15H27N3O/c1-3-19-11-5-10-18-12-13(2)17-15(18)16-9-8-14-6-4-7-14/h12,14H,3-11H2,1-2H3,(H,16,17). The number of anilines is 1. The highest BCUT2D eigenvalue weighted by Gasteiger charge is 2.16. The van der Waals surface area contributed by atoms with Gasteiger partial charge in [0.05, 0.1) is 5.69 Å². The summed E-state index contributed by atoms with van der Waals surface area (Å²) < 4.78 is 7.60. The molecule has 0 bridgehead atoms. The van der Waals surface area contributed by atoms with Crippen molar-refractivity contribution in [2.45, 2.75) is 52.5 Å². The Hall–Kier alpha value is -1.03. The number of nitrogens with one attached hydrogen (secondary N) is 1. The molecule has 1 aromatic rings. The number of nitrogens with zero attached hydrogens (tertiary/aromatic N) is 2. The summed E-state index contributed by atoms with van der Waals surface area (Å²) in [4.78, 5) is 4.56. The summed E-state index contributed by atoms with van der Waals surface area (Å²) in [6.45, 7) is 7.74. The maximum Gasteiger partial charge on any atom is 0.203 e. The normalized spacial score (nSPS) is 15.5. The van der Waals surface area contributed by atoms with Crippen LogP contribution in [-0.2, 0) is 11.3 Å². The van der Waals surface area contributed by atoms with Crippen molar-refractivity contribution in [2.75, 3.05) is 25.1 Å². The fourth-order valence-electron chi connectivity index (χ4n) is 2.51. The minimum atomic E-state index is 0.801. The van der Waals surface area contributed by atoms with Crippen LogP contribution in [0.2, 0.25) is 0 Å². The summed E-state index contributed by atoms with van der Waals surface area (Å²) in [7, 11) is 0. The minimum absolute atomic E-state index is 0.801. The van der Waals surface area contributed by atoms with E-state index in [0.29, 0.717) is 0 Å². The Kier molecular flexibility index (Phi) is 5.70. The molecular formula is C15H27N3O. The second kappa shape index (κ2) is 7.53. The first kappa shape index (κ1) is 14.4. The van der Waals surface area contributed by atoms with Crippen molar-refractivity contribution in [1.82, 2.24) is 9.55 Å². The van der Waals surface area contributed by atoms with Gasteiger partial charge in [-0.05, 0) is 32.6 Å². The van der Waals surface area contributed by atoms with Gasteiger partial charge >= 0.3 is 0 Å². The molecule has 0 saturated heterocycles. The number of rotatable bonds is 9. The van der Waals surface area contributed by atoms with Gasteiger partial charge in [-0.15, -0.1) is 0 Å². The number of aromatic nitrogens is 2. The molecule has 4 heteroatoms. The largest absolute Gasteiger partial charge is 0.382 e. The lowest BCUT2D eigenvalue weighted by atomic mass is 9.83. The Labute approximate surface area is 116 Å². The summed E-state index contributed by atoms with van der Waals surface area (Å²) >= 11 is 0. The maximum atomic E-state index is 5.38. The summed E-state index contributed by atoms with van der Waals surface area (Å²) in [5.74, 6) is 1.98. The Bertz CT molecular complexity index is 371. The zero-order valence-corrected chi connectivity index (χ0v) is 12.3. The van der Waals surface area contributed by atoms with Gasteiger partial charge < -0.3 is 14.6 Å². The third-order valence-corrected chi connectivity index (χ3v) is 3.85. The van der Waals surface area contributed by atoms with Crippen molar-refractivity contribution in [2.24, 2.45) is 5.92 Å². The number of aryl methyl sites for hydroxylation is 2. The van der Waals surface area contributed by atoms with Crippen LogP contribution in [0.3, 0.4) is 0 Å². The van der Waals surface area contributed by atoms with Gasteiger partial charge in [-0.3, -0.25) is 0 Å². The van der Waals surface area contributed by atoms with Crippen molar-refractivity contribution in [3.63, 3.8) is 0 Å². The molecule has 1 fully saturated rings. The molecule has 0 aliphatic heterocycles. The van der Waals surface area contributed by atoms with Gasteiger partial charge in [0, 0.05) is 32.5 Å². The number of hydrogen-bond donors (Lipinski definition) is 1. The molecule has 0 spiro atoms. The topological polar surface area (TPSA) is 39.1 Å². The van der Waals surface area contributed by atoms with Crippen molar-refractivity contribution >= 4 is 5.95 Å². The number of hydrogen-bond acceptors (Lipinski definition) is 3. The number of imidazole rings is 1. The molecule has 4 nitrogen and oxygen atoms in total. The summed E-state index contributed by atoms with van der Waals surface area (Å²) in [5.41, 5.74) is 1.09. The predicted molar refractivity (Wildman–Crippen MR) is 78.5 cm³/mol. The second-order valence-electron chi connectivity index (χ2n) is 5.46. The van der Waals surface area contributed by atoms with Crippen LogP contribution in [0.25, 0.3) is 0 Å². The summed E-state index contributed by atoms with van der Waals surface area (Å²) in [6.07, 6.45) is 8.71. The van der Waals surface area contributed by atoms with Crippen LogP contribution in [-0.4, -0.2) is 29.3 Å². The molecule has 1 aromatic heterocycles. The average molecular weight is 265 g/mol. The van der Waals surface area contributed by atoms with Crippen molar-refractivity contribution in [3.8, 4) is 0 Å². The van der Waals surface area contributed by atoms with Gasteiger partial charge in [-0.2, -0.15) is 0 Å². The fraction of sp³-hybridized carbons (Fsp3) is 0.800. The van der Waals surface area contributed by atoms with Gasteiger partial charge in [-0.25, -0.2) is 4.98 Å². The van der Waals surface area contributed by atoms with E-state index in [0.717, 1.165) is 50.3 Å². The molecular weight excluding hydrogens is 238 g/mol. The van der Waals surface area contributed by atoms with Crippen molar-refractivity contribution < 1.29 is 4.74 Å². The molecule has 0 aromatic carbocycles. The molecule has 1 heterocycles. The van der Waals surface area contributed by atoms with Crippen LogP contribution in [0, 0.1) is 12.8 Å². The fourth-order valence-corrected chi connectivity index (χ4v) is 2.51. The van der Waals surface area contributed by atoms with E-state index in [1.165, 1.54) is 25.7 Å². The highest BCUT2D eigenvalue weighted by atomic mass is 16.5. The Morgan fingerprint density at radius 1 is 1.47 bits per heavy atom. The first-order valence-electron chi connectivity index (χ1n) is 7.65. The van der Waals surface area contributed by atoms with Crippen LogP contribution < -0.4 is 5.32 Å². The molecule has 1 saturated carbocycles. The Balaban J connectivity index is 1.74. The number of ether oxygens (including phenoxy) is 1. The SMILES string of the molecule is CCOCCCn1cc(C)nc1NCCC1CCC1.